The van der Waals surface area contributed by atoms with Crippen LogP contribution in [0.3, 0.4) is 0 Å². The molecule has 2 heterocycles. The predicted octanol–water partition coefficient (Wildman–Crippen LogP) is 4.46. The van der Waals surface area contributed by atoms with Gasteiger partial charge in [0, 0.05) is 51.6 Å². The predicted molar refractivity (Wildman–Crippen MR) is 153 cm³/mol. The lowest BCUT2D eigenvalue weighted by molar-refractivity contribution is 0.143. The molecule has 6 rings (SSSR count). The Kier molecular flexibility index (Phi) is 7.16. The Bertz CT molecular complexity index is 1610. The van der Waals surface area contributed by atoms with Crippen molar-refractivity contribution in [3.8, 4) is 11.1 Å². The summed E-state index contributed by atoms with van der Waals surface area (Å²) in [5.41, 5.74) is 4.02. The molecule has 0 spiro atoms. The molecule has 4 aromatic rings. The molecule has 10 heteroatoms. The van der Waals surface area contributed by atoms with Gasteiger partial charge in [-0.25, -0.2) is 18.8 Å². The molecule has 0 saturated carbocycles. The second kappa shape index (κ2) is 10.9. The number of nitrogens with one attached hydrogen (secondary N) is 1. The number of hydrogen-bond acceptors (Lipinski definition) is 5. The highest BCUT2D eigenvalue weighted by atomic mass is 35.5. The minimum Gasteiger partial charge on any atom is -0.465 e. The van der Waals surface area contributed by atoms with E-state index >= 15 is 0 Å². The molecular formula is C30H29ClFN5O3. The Hall–Kier alpha value is -3.95. The van der Waals surface area contributed by atoms with E-state index in [0.29, 0.717) is 51.4 Å². The highest BCUT2D eigenvalue weighted by molar-refractivity contribution is 6.35. The van der Waals surface area contributed by atoms with Crippen LogP contribution in [0.1, 0.15) is 29.3 Å². The van der Waals surface area contributed by atoms with Crippen molar-refractivity contribution < 1.29 is 14.3 Å². The molecule has 8 nitrogen and oxygen atoms in total. The topological polar surface area (TPSA) is 90.7 Å². The number of aryl methyl sites for hydroxylation is 1. The molecule has 1 fully saturated rings. The molecule has 0 bridgehead atoms. The third-order valence-corrected chi connectivity index (χ3v) is 8.13. The zero-order valence-electron chi connectivity index (χ0n) is 21.8. The van der Waals surface area contributed by atoms with E-state index in [0.717, 1.165) is 22.3 Å². The van der Waals surface area contributed by atoms with E-state index in [4.69, 9.17) is 11.6 Å². The number of halogens is 2. The van der Waals surface area contributed by atoms with Crippen LogP contribution in [-0.4, -0.2) is 65.0 Å². The molecule has 0 radical (unpaired) electrons. The van der Waals surface area contributed by atoms with Gasteiger partial charge in [0.1, 0.15) is 17.2 Å². The number of amides is 1. The summed E-state index contributed by atoms with van der Waals surface area (Å²) in [7, 11) is 0. The molecular weight excluding hydrogens is 533 g/mol. The lowest BCUT2D eigenvalue weighted by Crippen LogP contribution is -2.54. The summed E-state index contributed by atoms with van der Waals surface area (Å²) in [4.78, 5) is 31.9. The van der Waals surface area contributed by atoms with Crippen molar-refractivity contribution in [2.45, 2.75) is 18.8 Å². The van der Waals surface area contributed by atoms with Crippen LogP contribution in [0.4, 0.5) is 9.18 Å². The fraction of sp³-hybridized carbons (Fsp3) is 0.300. The van der Waals surface area contributed by atoms with E-state index in [1.807, 2.05) is 29.3 Å². The number of aromatic nitrogens is 2. The molecule has 1 aliphatic heterocycles. The second-order valence-electron chi connectivity index (χ2n) is 10.2. The van der Waals surface area contributed by atoms with Crippen LogP contribution in [0.15, 0.2) is 65.5 Å². The monoisotopic (exact) mass is 561 g/mol. The van der Waals surface area contributed by atoms with E-state index in [-0.39, 0.29) is 28.4 Å². The van der Waals surface area contributed by atoms with E-state index in [1.54, 1.807) is 0 Å². The number of piperazine rings is 1. The van der Waals surface area contributed by atoms with Gasteiger partial charge < -0.3 is 20.3 Å². The summed E-state index contributed by atoms with van der Waals surface area (Å²) >= 11 is 6.31. The van der Waals surface area contributed by atoms with Crippen LogP contribution >= 0.6 is 11.6 Å². The minimum absolute atomic E-state index is 0.0506. The molecule has 2 N–H and O–H groups in total. The second-order valence-corrected chi connectivity index (χ2v) is 10.6. The van der Waals surface area contributed by atoms with Crippen LogP contribution in [0.25, 0.3) is 22.0 Å². The molecule has 1 aliphatic carbocycles. The Morgan fingerprint density at radius 3 is 2.35 bits per heavy atom. The largest absolute Gasteiger partial charge is 0.465 e. The van der Waals surface area contributed by atoms with Crippen LogP contribution in [0.5, 0.6) is 0 Å². The molecule has 40 heavy (non-hydrogen) atoms. The summed E-state index contributed by atoms with van der Waals surface area (Å²) < 4.78 is 16.3. The van der Waals surface area contributed by atoms with E-state index in [2.05, 4.69) is 34.6 Å². The van der Waals surface area contributed by atoms with Gasteiger partial charge in [0.15, 0.2) is 0 Å². The van der Waals surface area contributed by atoms with Crippen molar-refractivity contribution in [3.63, 3.8) is 0 Å². The van der Waals surface area contributed by atoms with Gasteiger partial charge in [0.05, 0.1) is 10.4 Å². The normalized spacial score (nSPS) is 14.8. The fourth-order valence-corrected chi connectivity index (χ4v) is 6.16. The first-order valence-corrected chi connectivity index (χ1v) is 13.8. The minimum atomic E-state index is -1.01. The first kappa shape index (κ1) is 26.3. The number of nitrogens with zero attached hydrogens (tertiary/aromatic N) is 4. The van der Waals surface area contributed by atoms with Gasteiger partial charge >= 0.3 is 6.09 Å². The molecule has 2 aliphatic rings. The van der Waals surface area contributed by atoms with Crippen LogP contribution in [0.2, 0.25) is 5.02 Å². The third-order valence-electron chi connectivity index (χ3n) is 7.81. The number of benzene rings is 3. The maximum atomic E-state index is 14.7. The average Bonchev–Trinajstić information content (AvgIpc) is 3.28. The standard InChI is InChI=1S/C30H29ClFN5O3/c31-24-11-12-25(32)28-27(24)29(38)37(36-16-13-33-14-17-36)26(34-28)10-5-15-35(30(39)40)18-23-21-8-3-1-6-19(21)20-7-2-4-9-22(20)23/h1-4,6-9,11-12,23,33H,5,10,13-18H2,(H,39,40). The molecule has 0 unspecified atom stereocenters. The van der Waals surface area contributed by atoms with E-state index in [9.17, 15) is 19.1 Å². The number of fused-ring (bicyclic) bond motifs is 4. The summed E-state index contributed by atoms with van der Waals surface area (Å²) in [6.45, 7) is 3.09. The maximum Gasteiger partial charge on any atom is 0.407 e. The number of hydrogen-bond donors (Lipinski definition) is 2. The quantitative estimate of drug-likeness (QED) is 0.346. The molecule has 0 atom stereocenters. The fourth-order valence-electron chi connectivity index (χ4n) is 5.93. The van der Waals surface area contributed by atoms with Gasteiger partial charge in [-0.3, -0.25) is 4.79 Å². The Morgan fingerprint density at radius 2 is 1.70 bits per heavy atom. The maximum absolute atomic E-state index is 14.7. The van der Waals surface area contributed by atoms with Crippen LogP contribution in [0, 0.1) is 5.82 Å². The lowest BCUT2D eigenvalue weighted by Gasteiger charge is -2.32. The zero-order chi connectivity index (χ0) is 27.8. The molecule has 1 amide bonds. The summed E-state index contributed by atoms with van der Waals surface area (Å²) in [6.07, 6.45) is -0.303. The van der Waals surface area contributed by atoms with Crippen molar-refractivity contribution in [2.24, 2.45) is 0 Å². The van der Waals surface area contributed by atoms with Gasteiger partial charge in [0.25, 0.3) is 5.56 Å². The lowest BCUT2D eigenvalue weighted by atomic mass is 9.96. The van der Waals surface area contributed by atoms with Crippen molar-refractivity contribution in [3.05, 3.63) is 98.8 Å². The van der Waals surface area contributed by atoms with E-state index < -0.39 is 17.5 Å². The van der Waals surface area contributed by atoms with Crippen molar-refractivity contribution in [2.75, 3.05) is 44.3 Å². The highest BCUT2D eigenvalue weighted by Gasteiger charge is 2.31. The van der Waals surface area contributed by atoms with Gasteiger partial charge in [-0.15, -0.1) is 0 Å². The number of rotatable bonds is 7. The Morgan fingerprint density at radius 1 is 1.05 bits per heavy atom. The summed E-state index contributed by atoms with van der Waals surface area (Å²) in [6, 6.07) is 18.8. The third kappa shape index (κ3) is 4.69. The van der Waals surface area contributed by atoms with Crippen molar-refractivity contribution in [1.82, 2.24) is 19.9 Å². The number of carboxylic acid groups (broad SMARTS) is 1. The molecule has 1 saturated heterocycles. The summed E-state index contributed by atoms with van der Waals surface area (Å²) in [5.74, 6) is -0.295. The van der Waals surface area contributed by atoms with Crippen LogP contribution < -0.4 is 15.9 Å². The van der Waals surface area contributed by atoms with Crippen molar-refractivity contribution >= 4 is 28.6 Å². The first-order valence-electron chi connectivity index (χ1n) is 13.5. The van der Waals surface area contributed by atoms with Crippen LogP contribution in [-0.2, 0) is 6.42 Å². The molecule has 206 valence electrons. The molecule has 3 aromatic carbocycles. The highest BCUT2D eigenvalue weighted by Crippen LogP contribution is 2.44. The van der Waals surface area contributed by atoms with Gasteiger partial charge in [-0.1, -0.05) is 60.1 Å². The zero-order valence-corrected chi connectivity index (χ0v) is 22.6. The van der Waals surface area contributed by atoms with Gasteiger partial charge in [0.2, 0.25) is 0 Å². The van der Waals surface area contributed by atoms with Crippen molar-refractivity contribution in [1.29, 1.82) is 0 Å². The van der Waals surface area contributed by atoms with Gasteiger partial charge in [-0.2, -0.15) is 0 Å². The first-order chi connectivity index (χ1) is 19.4. The Balaban J connectivity index is 1.27. The molecule has 1 aromatic heterocycles. The van der Waals surface area contributed by atoms with E-state index in [1.165, 1.54) is 21.7 Å². The number of carbonyl (C=O) groups is 1. The summed E-state index contributed by atoms with van der Waals surface area (Å²) in [5, 5.41) is 15.5. The van der Waals surface area contributed by atoms with Gasteiger partial charge in [-0.05, 0) is 40.8 Å². The Labute approximate surface area is 235 Å². The average molecular weight is 562 g/mol. The SMILES string of the molecule is O=C(O)N(CCCc1nc2c(F)ccc(Cl)c2c(=O)n1N1CCNCC1)CC1c2ccccc2-c2ccccc21. The smallest absolute Gasteiger partial charge is 0.407 e.